The summed E-state index contributed by atoms with van der Waals surface area (Å²) in [5, 5.41) is 10.3. The molecule has 0 bridgehead atoms. The topological polar surface area (TPSA) is 70.7 Å². The fourth-order valence-electron chi connectivity index (χ4n) is 1.09. The van der Waals surface area contributed by atoms with Crippen LogP contribution >= 0.6 is 11.8 Å². The highest BCUT2D eigenvalue weighted by atomic mass is 32.2. The number of thioether (sulfide) groups is 1. The second kappa shape index (κ2) is 7.27. The van der Waals surface area contributed by atoms with Gasteiger partial charge in [0, 0.05) is 13.0 Å². The van der Waals surface area contributed by atoms with Crippen LogP contribution in [0.25, 0.3) is 0 Å². The maximum atomic E-state index is 11.4. The lowest BCUT2D eigenvalue weighted by molar-refractivity contribution is -0.118. The molecule has 0 unspecified atom stereocenters. The highest BCUT2D eigenvalue weighted by molar-refractivity contribution is 7.99. The molecule has 0 aliphatic carbocycles. The molecule has 0 aromatic carbocycles. The molecular weight excluding hydrogens is 224 g/mol. The summed E-state index contributed by atoms with van der Waals surface area (Å²) in [4.78, 5) is 15.6. The van der Waals surface area contributed by atoms with Gasteiger partial charge in [-0.3, -0.25) is 9.89 Å². The summed E-state index contributed by atoms with van der Waals surface area (Å²) in [6, 6.07) is 0. The number of nitrogens with one attached hydrogen (secondary N) is 2. The molecule has 0 radical (unpaired) electrons. The lowest BCUT2D eigenvalue weighted by Crippen LogP contribution is -2.26. The monoisotopic (exact) mass is 242 g/mol. The predicted molar refractivity (Wildman–Crippen MR) is 64.4 cm³/mol. The number of amides is 1. The summed E-state index contributed by atoms with van der Waals surface area (Å²) < 4.78 is 0. The molecule has 6 heteroatoms. The Labute approximate surface area is 99.8 Å². The van der Waals surface area contributed by atoms with E-state index in [2.05, 4.69) is 27.4 Å². The third-order valence-corrected chi connectivity index (χ3v) is 2.88. The van der Waals surface area contributed by atoms with Crippen LogP contribution in [-0.4, -0.2) is 33.4 Å². The average molecular weight is 242 g/mol. The number of H-pyrrole nitrogens is 1. The molecule has 5 nitrogen and oxygen atoms in total. The standard InChI is InChI=1S/C10H18N4OS/c1-3-5-6-11-9(15)7-16-10-12-8(4-2)13-14-10/h3-7H2,1-2H3,(H,11,15)(H,12,13,14). The van der Waals surface area contributed by atoms with E-state index in [1.54, 1.807) is 0 Å². The van der Waals surface area contributed by atoms with Crippen molar-refractivity contribution in [3.8, 4) is 0 Å². The summed E-state index contributed by atoms with van der Waals surface area (Å²) in [7, 11) is 0. The highest BCUT2D eigenvalue weighted by Crippen LogP contribution is 2.11. The molecule has 0 aliphatic heterocycles. The number of carbonyl (C=O) groups is 1. The van der Waals surface area contributed by atoms with Crippen LogP contribution in [0.4, 0.5) is 0 Å². The van der Waals surface area contributed by atoms with Gasteiger partial charge in [0.2, 0.25) is 11.1 Å². The molecule has 2 N–H and O–H groups in total. The minimum atomic E-state index is 0.0429. The fourth-order valence-corrected chi connectivity index (χ4v) is 1.73. The largest absolute Gasteiger partial charge is 0.355 e. The van der Waals surface area contributed by atoms with Crippen LogP contribution in [0.15, 0.2) is 5.16 Å². The van der Waals surface area contributed by atoms with E-state index in [0.29, 0.717) is 10.9 Å². The Morgan fingerprint density at radius 3 is 2.94 bits per heavy atom. The van der Waals surface area contributed by atoms with Crippen LogP contribution in [-0.2, 0) is 11.2 Å². The Morgan fingerprint density at radius 2 is 2.31 bits per heavy atom. The summed E-state index contributed by atoms with van der Waals surface area (Å²) in [6.07, 6.45) is 2.95. The first kappa shape index (κ1) is 13.0. The number of unbranched alkanes of at least 4 members (excludes halogenated alkanes) is 1. The zero-order chi connectivity index (χ0) is 11.8. The van der Waals surface area contributed by atoms with E-state index in [9.17, 15) is 4.79 Å². The Balaban J connectivity index is 2.20. The lowest BCUT2D eigenvalue weighted by Gasteiger charge is -2.01. The quantitative estimate of drug-likeness (QED) is 0.559. The normalized spacial score (nSPS) is 10.4. The van der Waals surface area contributed by atoms with Gasteiger partial charge in [-0.15, -0.1) is 5.10 Å². The Bertz CT molecular complexity index is 326. The molecule has 0 aliphatic rings. The third-order valence-electron chi connectivity index (χ3n) is 2.03. The number of aryl methyl sites for hydroxylation is 1. The molecule has 16 heavy (non-hydrogen) atoms. The van der Waals surface area contributed by atoms with Gasteiger partial charge in [-0.1, -0.05) is 32.0 Å². The summed E-state index contributed by atoms with van der Waals surface area (Å²) in [6.45, 7) is 4.86. The van der Waals surface area contributed by atoms with E-state index in [0.717, 1.165) is 31.6 Å². The van der Waals surface area contributed by atoms with Crippen LogP contribution in [0.1, 0.15) is 32.5 Å². The smallest absolute Gasteiger partial charge is 0.230 e. The van der Waals surface area contributed by atoms with Gasteiger partial charge in [-0.25, -0.2) is 4.98 Å². The van der Waals surface area contributed by atoms with E-state index in [1.165, 1.54) is 11.8 Å². The second-order valence-corrected chi connectivity index (χ2v) is 4.35. The molecule has 0 saturated heterocycles. The van der Waals surface area contributed by atoms with Crippen LogP contribution in [0, 0.1) is 0 Å². The number of carbonyl (C=O) groups excluding carboxylic acids is 1. The van der Waals surface area contributed by atoms with Gasteiger partial charge in [0.1, 0.15) is 5.82 Å². The summed E-state index contributed by atoms with van der Waals surface area (Å²) in [5.74, 6) is 1.28. The minimum Gasteiger partial charge on any atom is -0.355 e. The maximum absolute atomic E-state index is 11.4. The number of aromatic nitrogens is 3. The zero-order valence-electron chi connectivity index (χ0n) is 9.75. The molecule has 0 saturated carbocycles. The van der Waals surface area contributed by atoms with Gasteiger partial charge < -0.3 is 5.32 Å². The molecule has 1 heterocycles. The molecule has 0 spiro atoms. The minimum absolute atomic E-state index is 0.0429. The molecule has 0 fully saturated rings. The SMILES string of the molecule is CCCCNC(=O)CSc1n[nH]c(CC)n1. The van der Waals surface area contributed by atoms with E-state index in [4.69, 9.17) is 0 Å². The van der Waals surface area contributed by atoms with Crippen LogP contribution in [0.3, 0.4) is 0 Å². The van der Waals surface area contributed by atoms with Gasteiger partial charge in [-0.05, 0) is 6.42 Å². The first-order valence-corrected chi connectivity index (χ1v) is 6.55. The third kappa shape index (κ3) is 4.65. The number of nitrogens with zero attached hydrogens (tertiary/aromatic N) is 2. The predicted octanol–water partition coefficient (Wildman–Crippen LogP) is 1.38. The number of aromatic amines is 1. The van der Waals surface area contributed by atoms with Gasteiger partial charge in [0.15, 0.2) is 0 Å². The van der Waals surface area contributed by atoms with Crippen LogP contribution in [0.2, 0.25) is 0 Å². The van der Waals surface area contributed by atoms with E-state index < -0.39 is 0 Å². The van der Waals surface area contributed by atoms with Crippen molar-refractivity contribution in [3.63, 3.8) is 0 Å². The van der Waals surface area contributed by atoms with Crippen molar-refractivity contribution >= 4 is 17.7 Å². The van der Waals surface area contributed by atoms with Crippen molar-refractivity contribution < 1.29 is 4.79 Å². The molecule has 1 aromatic rings. The number of hydrogen-bond donors (Lipinski definition) is 2. The first-order valence-electron chi connectivity index (χ1n) is 5.57. The fraction of sp³-hybridized carbons (Fsp3) is 0.700. The van der Waals surface area contributed by atoms with E-state index in [-0.39, 0.29) is 5.91 Å². The molecule has 90 valence electrons. The lowest BCUT2D eigenvalue weighted by atomic mass is 10.3. The van der Waals surface area contributed by atoms with Crippen molar-refractivity contribution in [3.05, 3.63) is 5.82 Å². The number of rotatable bonds is 7. The van der Waals surface area contributed by atoms with Crippen molar-refractivity contribution in [2.45, 2.75) is 38.3 Å². The maximum Gasteiger partial charge on any atom is 0.230 e. The van der Waals surface area contributed by atoms with Crippen LogP contribution < -0.4 is 5.32 Å². The van der Waals surface area contributed by atoms with Gasteiger partial charge in [0.25, 0.3) is 0 Å². The van der Waals surface area contributed by atoms with Crippen LogP contribution in [0.5, 0.6) is 0 Å². The van der Waals surface area contributed by atoms with E-state index in [1.807, 2.05) is 6.92 Å². The van der Waals surface area contributed by atoms with Crippen molar-refractivity contribution in [2.24, 2.45) is 0 Å². The Morgan fingerprint density at radius 1 is 1.50 bits per heavy atom. The average Bonchev–Trinajstić information content (AvgIpc) is 2.74. The van der Waals surface area contributed by atoms with Gasteiger partial charge >= 0.3 is 0 Å². The molecule has 1 rings (SSSR count). The zero-order valence-corrected chi connectivity index (χ0v) is 10.6. The molecule has 1 aromatic heterocycles. The second-order valence-electron chi connectivity index (χ2n) is 3.41. The van der Waals surface area contributed by atoms with E-state index >= 15 is 0 Å². The summed E-state index contributed by atoms with van der Waals surface area (Å²) >= 11 is 1.36. The molecule has 0 atom stereocenters. The van der Waals surface area contributed by atoms with Gasteiger partial charge in [0.05, 0.1) is 5.75 Å². The van der Waals surface area contributed by atoms with Crippen molar-refractivity contribution in [1.29, 1.82) is 0 Å². The highest BCUT2D eigenvalue weighted by Gasteiger charge is 2.06. The van der Waals surface area contributed by atoms with Crippen molar-refractivity contribution in [2.75, 3.05) is 12.3 Å². The summed E-state index contributed by atoms with van der Waals surface area (Å²) in [5.41, 5.74) is 0. The molecular formula is C10H18N4OS. The number of hydrogen-bond acceptors (Lipinski definition) is 4. The first-order chi connectivity index (χ1) is 7.76. The Kier molecular flexibility index (Phi) is 5.92. The van der Waals surface area contributed by atoms with Crippen molar-refractivity contribution in [1.82, 2.24) is 20.5 Å². The Hall–Kier alpha value is -1.04. The molecule has 1 amide bonds. The van der Waals surface area contributed by atoms with Gasteiger partial charge in [-0.2, -0.15) is 0 Å².